The molecule has 0 amide bonds. The van der Waals surface area contributed by atoms with Gasteiger partial charge in [0.15, 0.2) is 0 Å². The van der Waals surface area contributed by atoms with Crippen molar-refractivity contribution in [2.75, 3.05) is 18.9 Å². The quantitative estimate of drug-likeness (QED) is 0.656. The van der Waals surface area contributed by atoms with Gasteiger partial charge in [0.1, 0.15) is 10.6 Å². The van der Waals surface area contributed by atoms with Crippen LogP contribution in [0.1, 0.15) is 25.8 Å². The summed E-state index contributed by atoms with van der Waals surface area (Å²) >= 11 is 0. The van der Waals surface area contributed by atoms with E-state index in [1.165, 1.54) is 6.07 Å². The molecule has 0 aromatic heterocycles. The first kappa shape index (κ1) is 14.9. The van der Waals surface area contributed by atoms with Gasteiger partial charge in [-0.3, -0.25) is 0 Å². The Morgan fingerprint density at radius 3 is 2.90 bits per heavy atom. The average Bonchev–Trinajstić information content (AvgIpc) is 2.37. The Morgan fingerprint density at radius 1 is 1.45 bits per heavy atom. The Bertz CT molecular complexity index is 632. The summed E-state index contributed by atoms with van der Waals surface area (Å²) in [5, 5.41) is 0. The molecule has 1 aromatic rings. The fourth-order valence-corrected chi connectivity index (χ4v) is 3.29. The molecule has 0 unspecified atom stereocenters. The van der Waals surface area contributed by atoms with Gasteiger partial charge >= 0.3 is 0 Å². The van der Waals surface area contributed by atoms with E-state index in [9.17, 15) is 8.42 Å². The van der Waals surface area contributed by atoms with Crippen LogP contribution in [0.25, 0.3) is 0 Å². The van der Waals surface area contributed by atoms with Crippen LogP contribution >= 0.6 is 0 Å². The first-order chi connectivity index (χ1) is 9.40. The van der Waals surface area contributed by atoms with Crippen molar-refractivity contribution in [2.45, 2.75) is 31.6 Å². The van der Waals surface area contributed by atoms with E-state index >= 15 is 0 Å². The topological polar surface area (TPSA) is 81.4 Å². The fraction of sp³-hybridized carbons (Fsp3) is 0.429. The maximum absolute atomic E-state index is 12.4. The van der Waals surface area contributed by atoms with Gasteiger partial charge < -0.3 is 10.5 Å². The molecule has 0 fully saturated rings. The summed E-state index contributed by atoms with van der Waals surface area (Å²) < 4.78 is 32.8. The lowest BCUT2D eigenvalue weighted by molar-refractivity contribution is 0.280. The molecule has 0 saturated carbocycles. The van der Waals surface area contributed by atoms with E-state index in [2.05, 4.69) is 4.72 Å². The number of ether oxygens (including phenoxy) is 1. The zero-order valence-corrected chi connectivity index (χ0v) is 12.6. The van der Waals surface area contributed by atoms with E-state index in [1.807, 2.05) is 19.9 Å². The minimum absolute atomic E-state index is 0.134. The van der Waals surface area contributed by atoms with Gasteiger partial charge in [-0.1, -0.05) is 11.6 Å². The Balaban J connectivity index is 2.36. The Kier molecular flexibility index (Phi) is 4.35. The zero-order valence-electron chi connectivity index (χ0n) is 11.8. The number of nitrogens with one attached hydrogen (secondary N) is 1. The van der Waals surface area contributed by atoms with Gasteiger partial charge in [0.25, 0.3) is 0 Å². The molecule has 1 aliphatic rings. The number of hydrogen-bond acceptors (Lipinski definition) is 4. The third kappa shape index (κ3) is 3.32. The summed E-state index contributed by atoms with van der Waals surface area (Å²) in [4.78, 5) is 0.134. The standard InChI is InChI=1S/C14H20N2O3S/c1-10(2)5-6-16-20(17,18)13-9-12(15)8-11-4-3-7-19-14(11)13/h5,8-9,16H,3-4,6-7,15H2,1-2H3. The number of fused-ring (bicyclic) bond motifs is 1. The molecule has 5 nitrogen and oxygen atoms in total. The number of allylic oxidation sites excluding steroid dienone is 1. The maximum atomic E-state index is 12.4. The monoisotopic (exact) mass is 296 g/mol. The van der Waals surface area contributed by atoms with Crippen molar-refractivity contribution in [2.24, 2.45) is 0 Å². The van der Waals surface area contributed by atoms with E-state index in [0.717, 1.165) is 24.0 Å². The van der Waals surface area contributed by atoms with Crippen LogP contribution in [0.2, 0.25) is 0 Å². The smallest absolute Gasteiger partial charge is 0.244 e. The van der Waals surface area contributed by atoms with Gasteiger partial charge in [0.2, 0.25) is 10.0 Å². The normalized spacial score (nSPS) is 14.3. The molecule has 0 atom stereocenters. The number of anilines is 1. The minimum Gasteiger partial charge on any atom is -0.492 e. The summed E-state index contributed by atoms with van der Waals surface area (Å²) in [7, 11) is -3.62. The second-order valence-electron chi connectivity index (χ2n) is 5.09. The van der Waals surface area contributed by atoms with Crippen molar-refractivity contribution in [1.82, 2.24) is 4.72 Å². The van der Waals surface area contributed by atoms with Crippen molar-refractivity contribution >= 4 is 15.7 Å². The van der Waals surface area contributed by atoms with Crippen LogP contribution in [-0.2, 0) is 16.4 Å². The van der Waals surface area contributed by atoms with E-state index < -0.39 is 10.0 Å². The van der Waals surface area contributed by atoms with Crippen molar-refractivity contribution in [3.8, 4) is 5.75 Å². The molecule has 20 heavy (non-hydrogen) atoms. The molecule has 1 aromatic carbocycles. The summed E-state index contributed by atoms with van der Waals surface area (Å²) in [6.07, 6.45) is 3.48. The molecule has 1 aliphatic heterocycles. The first-order valence-electron chi connectivity index (χ1n) is 6.58. The minimum atomic E-state index is -3.62. The number of aryl methyl sites for hydroxylation is 1. The van der Waals surface area contributed by atoms with Crippen LogP contribution in [0, 0.1) is 0 Å². The zero-order chi connectivity index (χ0) is 14.8. The molecule has 1 heterocycles. The van der Waals surface area contributed by atoms with E-state index in [-0.39, 0.29) is 11.4 Å². The van der Waals surface area contributed by atoms with Gasteiger partial charge in [-0.15, -0.1) is 0 Å². The number of sulfonamides is 1. The SMILES string of the molecule is CC(C)=CCNS(=O)(=O)c1cc(N)cc2c1OCCC2. The predicted octanol–water partition coefficient (Wildman–Crippen LogP) is 1.84. The Labute approximate surface area is 119 Å². The highest BCUT2D eigenvalue weighted by atomic mass is 32.2. The maximum Gasteiger partial charge on any atom is 0.244 e. The summed E-state index contributed by atoms with van der Waals surface area (Å²) in [5.74, 6) is 0.440. The molecule has 0 spiro atoms. The van der Waals surface area contributed by atoms with Gasteiger partial charge in [0, 0.05) is 12.2 Å². The van der Waals surface area contributed by atoms with Crippen LogP contribution in [0.4, 0.5) is 5.69 Å². The van der Waals surface area contributed by atoms with E-state index in [4.69, 9.17) is 10.5 Å². The van der Waals surface area contributed by atoms with Gasteiger partial charge in [0.05, 0.1) is 6.61 Å². The number of benzene rings is 1. The largest absolute Gasteiger partial charge is 0.492 e. The Hall–Kier alpha value is -1.53. The van der Waals surface area contributed by atoms with Crippen molar-refractivity contribution in [3.63, 3.8) is 0 Å². The summed E-state index contributed by atoms with van der Waals surface area (Å²) in [6.45, 7) is 4.63. The van der Waals surface area contributed by atoms with Crippen molar-refractivity contribution < 1.29 is 13.2 Å². The van der Waals surface area contributed by atoms with Crippen LogP contribution < -0.4 is 15.2 Å². The molecular formula is C14H20N2O3S. The molecule has 0 aliphatic carbocycles. The molecular weight excluding hydrogens is 276 g/mol. The Morgan fingerprint density at radius 2 is 2.20 bits per heavy atom. The predicted molar refractivity (Wildman–Crippen MR) is 79.3 cm³/mol. The number of nitrogens with two attached hydrogens (primary N) is 1. The lowest BCUT2D eigenvalue weighted by Gasteiger charge is -2.21. The van der Waals surface area contributed by atoms with Crippen molar-refractivity contribution in [3.05, 3.63) is 29.3 Å². The number of hydrogen-bond donors (Lipinski definition) is 2. The second kappa shape index (κ2) is 5.85. The van der Waals surface area contributed by atoms with Crippen molar-refractivity contribution in [1.29, 1.82) is 0 Å². The average molecular weight is 296 g/mol. The molecule has 3 N–H and O–H groups in total. The summed E-state index contributed by atoms with van der Waals surface area (Å²) in [5.41, 5.74) is 8.15. The second-order valence-corrected chi connectivity index (χ2v) is 6.83. The van der Waals surface area contributed by atoms with Gasteiger partial charge in [-0.25, -0.2) is 13.1 Å². The highest BCUT2D eigenvalue weighted by Gasteiger charge is 2.24. The summed E-state index contributed by atoms with van der Waals surface area (Å²) in [6, 6.07) is 3.23. The molecule has 0 saturated heterocycles. The van der Waals surface area contributed by atoms with Gasteiger partial charge in [-0.05, 0) is 44.4 Å². The van der Waals surface area contributed by atoms with Crippen LogP contribution in [0.3, 0.4) is 0 Å². The lowest BCUT2D eigenvalue weighted by Crippen LogP contribution is -2.26. The van der Waals surface area contributed by atoms with E-state index in [0.29, 0.717) is 18.0 Å². The molecule has 2 rings (SSSR count). The number of rotatable bonds is 4. The van der Waals surface area contributed by atoms with Gasteiger partial charge in [-0.2, -0.15) is 0 Å². The van der Waals surface area contributed by atoms with Crippen LogP contribution in [0.15, 0.2) is 28.7 Å². The molecule has 0 radical (unpaired) electrons. The number of nitrogen functional groups attached to an aromatic ring is 1. The highest BCUT2D eigenvalue weighted by molar-refractivity contribution is 7.89. The molecule has 6 heteroatoms. The third-order valence-corrected chi connectivity index (χ3v) is 4.49. The van der Waals surface area contributed by atoms with Crippen LogP contribution in [-0.4, -0.2) is 21.6 Å². The molecule has 110 valence electrons. The lowest BCUT2D eigenvalue weighted by atomic mass is 10.1. The first-order valence-corrected chi connectivity index (χ1v) is 8.06. The molecule has 0 bridgehead atoms. The van der Waals surface area contributed by atoms with Crippen LogP contribution in [0.5, 0.6) is 5.75 Å². The van der Waals surface area contributed by atoms with E-state index in [1.54, 1.807) is 6.07 Å². The highest BCUT2D eigenvalue weighted by Crippen LogP contribution is 2.34. The third-order valence-electron chi connectivity index (χ3n) is 3.06. The fourth-order valence-electron chi connectivity index (χ4n) is 2.10.